The molecule has 1 aliphatic heterocycles. The average Bonchev–Trinajstić information content (AvgIpc) is 3.69. The van der Waals surface area contributed by atoms with Crippen LogP contribution in [0.4, 0.5) is 23.3 Å². The Balaban J connectivity index is 1.03. The molecule has 3 aromatic heterocycles. The van der Waals surface area contributed by atoms with Crippen LogP contribution >= 0.6 is 11.3 Å². The number of anilines is 4. The smallest absolute Gasteiger partial charge is 0.248 e. The number of nitrogens with one attached hydrogen (secondary N) is 1. The van der Waals surface area contributed by atoms with Crippen LogP contribution in [-0.4, -0.2) is 61.9 Å². The summed E-state index contributed by atoms with van der Waals surface area (Å²) in [5, 5.41) is 8.89. The maximum Gasteiger partial charge on any atom is 0.248 e. The fourth-order valence-electron chi connectivity index (χ4n) is 6.71. The van der Waals surface area contributed by atoms with Gasteiger partial charge in [-0.15, -0.1) is 16.4 Å². The van der Waals surface area contributed by atoms with Crippen molar-refractivity contribution in [3.05, 3.63) is 41.0 Å². The van der Waals surface area contributed by atoms with E-state index in [0.717, 1.165) is 52.4 Å². The molecule has 3 unspecified atom stereocenters. The number of benzene rings is 1. The molecular weight excluding hydrogens is 482 g/mol. The lowest BCUT2D eigenvalue weighted by Crippen LogP contribution is -2.51. The minimum absolute atomic E-state index is 0.288. The van der Waals surface area contributed by atoms with Gasteiger partial charge in [0.2, 0.25) is 11.9 Å². The SMILES string of the molecule is Cc1sc2ncnc(-n3nc(Nc4ccc(N5CCN(C6CC7CCC6C7)CC5)cc4)nc3N)c2c1C. The minimum atomic E-state index is 0.288. The molecule has 0 radical (unpaired) electrons. The number of rotatable bonds is 5. The van der Waals surface area contributed by atoms with E-state index in [-0.39, 0.29) is 5.95 Å². The molecule has 0 amide bonds. The van der Waals surface area contributed by atoms with Gasteiger partial charge in [-0.3, -0.25) is 4.90 Å². The molecule has 9 nitrogen and oxygen atoms in total. The van der Waals surface area contributed by atoms with Crippen molar-refractivity contribution in [1.82, 2.24) is 29.6 Å². The first kappa shape index (κ1) is 22.9. The van der Waals surface area contributed by atoms with Crippen LogP contribution in [-0.2, 0) is 0 Å². The second-order valence-electron chi connectivity index (χ2n) is 10.8. The van der Waals surface area contributed by atoms with Gasteiger partial charge >= 0.3 is 0 Å². The van der Waals surface area contributed by atoms with Crippen molar-refractivity contribution in [1.29, 1.82) is 0 Å². The predicted molar refractivity (Wildman–Crippen MR) is 149 cm³/mol. The molecule has 2 saturated carbocycles. The van der Waals surface area contributed by atoms with Crippen molar-refractivity contribution in [2.45, 2.75) is 45.6 Å². The first-order valence-corrected chi connectivity index (χ1v) is 14.1. The van der Waals surface area contributed by atoms with E-state index in [1.807, 2.05) is 0 Å². The van der Waals surface area contributed by atoms with Gasteiger partial charge in [0.05, 0.1) is 5.39 Å². The number of fused-ring (bicyclic) bond motifs is 3. The van der Waals surface area contributed by atoms with E-state index < -0.39 is 0 Å². The fourth-order valence-corrected chi connectivity index (χ4v) is 7.70. The van der Waals surface area contributed by atoms with Crippen LogP contribution < -0.4 is 16.0 Å². The van der Waals surface area contributed by atoms with E-state index in [9.17, 15) is 0 Å². The standard InChI is InChI=1S/C27H33N9S/c1-16-17(2)37-25-23(16)24(29-15-30-25)36-26(28)32-27(33-36)31-20-5-7-21(8-6-20)34-9-11-35(12-10-34)22-14-18-3-4-19(22)13-18/h5-8,15,18-19,22H,3-4,9-14H2,1-2H3,(H3,28,31,32,33). The third-order valence-corrected chi connectivity index (χ3v) is 9.87. The van der Waals surface area contributed by atoms with Gasteiger partial charge in [0.25, 0.3) is 0 Å². The quantitative estimate of drug-likeness (QED) is 0.400. The lowest BCUT2D eigenvalue weighted by Gasteiger charge is -2.41. The summed E-state index contributed by atoms with van der Waals surface area (Å²) in [7, 11) is 0. The molecule has 3 fully saturated rings. The summed E-state index contributed by atoms with van der Waals surface area (Å²) in [6.45, 7) is 8.71. The Bertz CT molecular complexity index is 1430. The largest absolute Gasteiger partial charge is 0.369 e. The van der Waals surface area contributed by atoms with Crippen molar-refractivity contribution in [3.63, 3.8) is 0 Å². The number of piperazine rings is 1. The molecule has 1 aromatic carbocycles. The molecular formula is C27H33N9S. The van der Waals surface area contributed by atoms with Gasteiger partial charge in [-0.2, -0.15) is 9.67 Å². The van der Waals surface area contributed by atoms with Gasteiger partial charge in [0.1, 0.15) is 11.2 Å². The third-order valence-electron chi connectivity index (χ3n) is 8.75. The van der Waals surface area contributed by atoms with Crippen molar-refractivity contribution in [3.8, 4) is 5.82 Å². The number of hydrogen-bond acceptors (Lipinski definition) is 9. The molecule has 1 saturated heterocycles. The van der Waals surface area contributed by atoms with Crippen LogP contribution in [0.3, 0.4) is 0 Å². The molecule has 3 aliphatic rings. The fraction of sp³-hybridized carbons (Fsp3) is 0.481. The number of nitrogen functional groups attached to an aromatic ring is 1. The summed E-state index contributed by atoms with van der Waals surface area (Å²) < 4.78 is 1.59. The number of hydrogen-bond donors (Lipinski definition) is 2. The number of thiophene rings is 1. The van der Waals surface area contributed by atoms with E-state index in [2.05, 4.69) is 73.3 Å². The predicted octanol–water partition coefficient (Wildman–Crippen LogP) is 4.53. The molecule has 3 N–H and O–H groups in total. The molecule has 0 spiro atoms. The molecule has 3 atom stereocenters. The summed E-state index contributed by atoms with van der Waals surface area (Å²) in [6.07, 6.45) is 7.40. The number of aryl methyl sites for hydroxylation is 2. The van der Waals surface area contributed by atoms with Gasteiger partial charge in [-0.05, 0) is 74.8 Å². The Morgan fingerprint density at radius 2 is 1.81 bits per heavy atom. The van der Waals surface area contributed by atoms with Crippen LogP contribution in [0.2, 0.25) is 0 Å². The van der Waals surface area contributed by atoms with Gasteiger partial charge in [-0.1, -0.05) is 6.42 Å². The Morgan fingerprint density at radius 3 is 2.54 bits per heavy atom. The van der Waals surface area contributed by atoms with Gasteiger partial charge < -0.3 is 16.0 Å². The van der Waals surface area contributed by atoms with E-state index in [1.54, 1.807) is 22.3 Å². The second kappa shape index (κ2) is 8.95. The molecule has 192 valence electrons. The lowest BCUT2D eigenvalue weighted by molar-refractivity contribution is 0.135. The number of nitrogens with zero attached hydrogens (tertiary/aromatic N) is 7. The van der Waals surface area contributed by atoms with E-state index in [0.29, 0.717) is 11.8 Å². The van der Waals surface area contributed by atoms with Crippen LogP contribution in [0.1, 0.15) is 36.1 Å². The monoisotopic (exact) mass is 515 g/mol. The highest BCUT2D eigenvalue weighted by atomic mass is 32.1. The lowest BCUT2D eigenvalue weighted by atomic mass is 9.93. The summed E-state index contributed by atoms with van der Waals surface area (Å²) in [6, 6.07) is 9.38. The number of aromatic nitrogens is 5. The highest BCUT2D eigenvalue weighted by molar-refractivity contribution is 7.18. The van der Waals surface area contributed by atoms with E-state index >= 15 is 0 Å². The topological polar surface area (TPSA) is 101 Å². The Hall–Kier alpha value is -3.24. The van der Waals surface area contributed by atoms with Crippen molar-refractivity contribution >= 4 is 44.8 Å². The summed E-state index contributed by atoms with van der Waals surface area (Å²) >= 11 is 1.65. The van der Waals surface area contributed by atoms with Gasteiger partial charge in [0.15, 0.2) is 5.82 Å². The van der Waals surface area contributed by atoms with Crippen LogP contribution in [0, 0.1) is 25.7 Å². The first-order valence-electron chi connectivity index (χ1n) is 13.3. The zero-order valence-electron chi connectivity index (χ0n) is 21.4. The Labute approximate surface area is 220 Å². The van der Waals surface area contributed by atoms with Gasteiger partial charge in [-0.25, -0.2) is 9.97 Å². The molecule has 7 rings (SSSR count). The summed E-state index contributed by atoms with van der Waals surface area (Å²) in [5.74, 6) is 3.36. The molecule has 4 aromatic rings. The van der Waals surface area contributed by atoms with Gasteiger partial charge in [0, 0.05) is 48.5 Å². The Kier molecular flexibility index (Phi) is 5.54. The molecule has 4 heterocycles. The van der Waals surface area contributed by atoms with Crippen molar-refractivity contribution < 1.29 is 0 Å². The molecule has 10 heteroatoms. The summed E-state index contributed by atoms with van der Waals surface area (Å²) in [5.41, 5.74) is 9.59. The zero-order valence-corrected chi connectivity index (χ0v) is 22.2. The maximum atomic E-state index is 6.25. The van der Waals surface area contributed by atoms with E-state index in [1.165, 1.54) is 49.3 Å². The first-order chi connectivity index (χ1) is 18.0. The van der Waals surface area contributed by atoms with Crippen molar-refractivity contribution in [2.75, 3.05) is 42.1 Å². The third kappa shape index (κ3) is 4.02. The summed E-state index contributed by atoms with van der Waals surface area (Å²) in [4.78, 5) is 20.7. The van der Waals surface area contributed by atoms with E-state index in [4.69, 9.17) is 5.73 Å². The normalized spacial score (nSPS) is 23.8. The minimum Gasteiger partial charge on any atom is -0.369 e. The van der Waals surface area contributed by atoms with Crippen LogP contribution in [0.5, 0.6) is 0 Å². The zero-order chi connectivity index (χ0) is 25.1. The molecule has 37 heavy (non-hydrogen) atoms. The van der Waals surface area contributed by atoms with Crippen molar-refractivity contribution in [2.24, 2.45) is 11.8 Å². The molecule has 2 aliphatic carbocycles. The average molecular weight is 516 g/mol. The van der Waals surface area contributed by atoms with Crippen LogP contribution in [0.25, 0.3) is 16.0 Å². The highest BCUT2D eigenvalue weighted by Crippen LogP contribution is 2.46. The van der Waals surface area contributed by atoms with Crippen LogP contribution in [0.15, 0.2) is 30.6 Å². The Morgan fingerprint density at radius 1 is 1.00 bits per heavy atom. The number of nitrogens with two attached hydrogens (primary N) is 1. The highest BCUT2D eigenvalue weighted by Gasteiger charge is 2.42. The second-order valence-corrected chi connectivity index (χ2v) is 12.0. The maximum absolute atomic E-state index is 6.25. The molecule has 2 bridgehead atoms.